The predicted molar refractivity (Wildman–Crippen MR) is 47.0 cm³/mol. The van der Waals surface area contributed by atoms with Gasteiger partial charge in [0.15, 0.2) is 0 Å². The molecule has 0 aliphatic carbocycles. The maximum atomic E-state index is 10.5. The molecule has 0 aromatic carbocycles. The van der Waals surface area contributed by atoms with E-state index in [9.17, 15) is 9.59 Å². The van der Waals surface area contributed by atoms with Crippen molar-refractivity contribution in [1.82, 2.24) is 0 Å². The molecule has 0 aliphatic heterocycles. The normalized spacial score (nSPS) is 12.5. The standard InChI is InChI=1S/C8H12N2O3/c1-5(7(9)11)3-13-4-6(2)8(10)12/h3-4H,1-2H3,(H2,9,11)(H2,10,12). The average Bonchev–Trinajstić information content (AvgIpc) is 2.03. The van der Waals surface area contributed by atoms with Gasteiger partial charge in [0.05, 0.1) is 12.5 Å². The van der Waals surface area contributed by atoms with Gasteiger partial charge in [-0.2, -0.15) is 0 Å². The molecule has 0 aromatic heterocycles. The van der Waals surface area contributed by atoms with Gasteiger partial charge in [-0.25, -0.2) is 0 Å². The summed E-state index contributed by atoms with van der Waals surface area (Å²) in [6, 6.07) is 0. The minimum absolute atomic E-state index is 0.258. The summed E-state index contributed by atoms with van der Waals surface area (Å²) < 4.78 is 4.75. The highest BCUT2D eigenvalue weighted by Crippen LogP contribution is 1.95. The Bertz CT molecular complexity index is 251. The van der Waals surface area contributed by atoms with Gasteiger partial charge in [0.25, 0.3) is 0 Å². The molecule has 13 heavy (non-hydrogen) atoms. The number of carbonyl (C=O) groups excluding carboxylic acids is 2. The van der Waals surface area contributed by atoms with Crippen molar-refractivity contribution in [3.8, 4) is 0 Å². The van der Waals surface area contributed by atoms with Crippen molar-refractivity contribution in [1.29, 1.82) is 0 Å². The quantitative estimate of drug-likeness (QED) is 0.467. The summed E-state index contributed by atoms with van der Waals surface area (Å²) in [7, 11) is 0. The molecule has 0 rings (SSSR count). The summed E-state index contributed by atoms with van der Waals surface area (Å²) in [4.78, 5) is 20.9. The zero-order valence-electron chi connectivity index (χ0n) is 7.53. The average molecular weight is 184 g/mol. The molecule has 4 N–H and O–H groups in total. The Balaban J connectivity index is 4.19. The van der Waals surface area contributed by atoms with E-state index in [0.717, 1.165) is 12.5 Å². The second kappa shape index (κ2) is 4.97. The zero-order valence-corrected chi connectivity index (χ0v) is 7.53. The fourth-order valence-electron chi connectivity index (χ4n) is 0.354. The van der Waals surface area contributed by atoms with Gasteiger partial charge in [-0.1, -0.05) is 0 Å². The molecule has 5 nitrogen and oxygen atoms in total. The van der Waals surface area contributed by atoms with Crippen molar-refractivity contribution in [3.63, 3.8) is 0 Å². The van der Waals surface area contributed by atoms with Crippen LogP contribution in [0.5, 0.6) is 0 Å². The third kappa shape index (κ3) is 4.62. The van der Waals surface area contributed by atoms with Gasteiger partial charge in [0.2, 0.25) is 11.8 Å². The minimum atomic E-state index is -0.579. The molecule has 0 fully saturated rings. The number of hydrogen-bond acceptors (Lipinski definition) is 3. The van der Waals surface area contributed by atoms with E-state index < -0.39 is 11.8 Å². The summed E-state index contributed by atoms with van der Waals surface area (Å²) in [5.74, 6) is -1.16. The number of rotatable bonds is 4. The lowest BCUT2D eigenvalue weighted by Crippen LogP contribution is -2.12. The number of ether oxygens (including phenoxy) is 1. The lowest BCUT2D eigenvalue weighted by molar-refractivity contribution is -0.115. The van der Waals surface area contributed by atoms with Gasteiger partial charge in [0.1, 0.15) is 0 Å². The molecule has 0 heterocycles. The first-order chi connectivity index (χ1) is 5.95. The molecule has 0 unspecified atom stereocenters. The van der Waals surface area contributed by atoms with Gasteiger partial charge >= 0.3 is 0 Å². The Morgan fingerprint density at radius 2 is 1.31 bits per heavy atom. The molecule has 0 saturated carbocycles. The molecular formula is C8H12N2O3. The van der Waals surface area contributed by atoms with Crippen LogP contribution in [-0.2, 0) is 14.3 Å². The topological polar surface area (TPSA) is 95.4 Å². The largest absolute Gasteiger partial charge is 0.472 e. The van der Waals surface area contributed by atoms with Crippen molar-refractivity contribution in [2.24, 2.45) is 11.5 Å². The van der Waals surface area contributed by atoms with Crippen LogP contribution in [0.3, 0.4) is 0 Å². The zero-order chi connectivity index (χ0) is 10.4. The maximum Gasteiger partial charge on any atom is 0.247 e. The number of carbonyl (C=O) groups is 2. The first-order valence-corrected chi connectivity index (χ1v) is 3.53. The van der Waals surface area contributed by atoms with Crippen molar-refractivity contribution in [2.75, 3.05) is 0 Å². The van der Waals surface area contributed by atoms with Crippen molar-refractivity contribution in [3.05, 3.63) is 23.7 Å². The molecule has 5 heteroatoms. The molecule has 2 amide bonds. The summed E-state index contributed by atoms with van der Waals surface area (Å²) in [5.41, 5.74) is 10.3. The third-order valence-electron chi connectivity index (χ3n) is 1.27. The molecule has 72 valence electrons. The highest BCUT2D eigenvalue weighted by Gasteiger charge is 1.97. The van der Waals surface area contributed by atoms with Crippen LogP contribution in [0.25, 0.3) is 0 Å². The Morgan fingerprint density at radius 1 is 1.00 bits per heavy atom. The number of nitrogens with two attached hydrogens (primary N) is 2. The van der Waals surface area contributed by atoms with E-state index in [4.69, 9.17) is 16.2 Å². The van der Waals surface area contributed by atoms with Crippen LogP contribution in [-0.4, -0.2) is 11.8 Å². The fraction of sp³-hybridized carbons (Fsp3) is 0.250. The number of hydrogen-bond donors (Lipinski definition) is 2. The highest BCUT2D eigenvalue weighted by molar-refractivity contribution is 5.91. The minimum Gasteiger partial charge on any atom is -0.472 e. The molecule has 0 spiro atoms. The molecule has 0 aliphatic rings. The van der Waals surface area contributed by atoms with E-state index in [-0.39, 0.29) is 11.1 Å². The second-order valence-electron chi connectivity index (χ2n) is 2.47. The highest BCUT2D eigenvalue weighted by atomic mass is 16.5. The Morgan fingerprint density at radius 3 is 1.54 bits per heavy atom. The fourth-order valence-corrected chi connectivity index (χ4v) is 0.354. The first-order valence-electron chi connectivity index (χ1n) is 3.53. The van der Waals surface area contributed by atoms with Gasteiger partial charge in [-0.15, -0.1) is 0 Å². The van der Waals surface area contributed by atoms with E-state index in [1.54, 1.807) is 0 Å². The summed E-state index contributed by atoms with van der Waals surface area (Å²) in [6.07, 6.45) is 2.30. The summed E-state index contributed by atoms with van der Waals surface area (Å²) in [6.45, 7) is 2.99. The second-order valence-corrected chi connectivity index (χ2v) is 2.47. The summed E-state index contributed by atoms with van der Waals surface area (Å²) in [5, 5.41) is 0. The predicted octanol–water partition coefficient (Wildman–Crippen LogP) is -0.219. The van der Waals surface area contributed by atoms with Crippen molar-refractivity contribution in [2.45, 2.75) is 13.8 Å². The van der Waals surface area contributed by atoms with Crippen LogP contribution < -0.4 is 11.5 Å². The van der Waals surface area contributed by atoms with Gasteiger partial charge in [-0.3, -0.25) is 9.59 Å². The lowest BCUT2D eigenvalue weighted by atomic mass is 10.3. The van der Waals surface area contributed by atoms with E-state index in [1.807, 2.05) is 0 Å². The van der Waals surface area contributed by atoms with Crippen LogP contribution >= 0.6 is 0 Å². The smallest absolute Gasteiger partial charge is 0.247 e. The van der Waals surface area contributed by atoms with Crippen LogP contribution in [0.1, 0.15) is 13.8 Å². The van der Waals surface area contributed by atoms with Crippen LogP contribution in [0.4, 0.5) is 0 Å². The molecule has 0 aromatic rings. The van der Waals surface area contributed by atoms with E-state index >= 15 is 0 Å². The Hall–Kier alpha value is -1.78. The number of amides is 2. The van der Waals surface area contributed by atoms with Crippen LogP contribution in [0.15, 0.2) is 23.7 Å². The van der Waals surface area contributed by atoms with Crippen LogP contribution in [0, 0.1) is 0 Å². The van der Waals surface area contributed by atoms with E-state index in [2.05, 4.69) is 0 Å². The Labute approximate surface area is 76.0 Å². The lowest BCUT2D eigenvalue weighted by Gasteiger charge is -1.96. The van der Waals surface area contributed by atoms with E-state index in [1.165, 1.54) is 13.8 Å². The van der Waals surface area contributed by atoms with Gasteiger partial charge < -0.3 is 16.2 Å². The first kappa shape index (κ1) is 11.2. The van der Waals surface area contributed by atoms with Gasteiger partial charge in [-0.05, 0) is 13.8 Å². The molecular weight excluding hydrogens is 172 g/mol. The SMILES string of the molecule is CC(=COC=C(C)C(N)=O)C(N)=O. The third-order valence-corrected chi connectivity index (χ3v) is 1.27. The van der Waals surface area contributed by atoms with Gasteiger partial charge in [0, 0.05) is 11.1 Å². The maximum absolute atomic E-state index is 10.5. The molecule has 0 bridgehead atoms. The molecule has 0 saturated heterocycles. The van der Waals surface area contributed by atoms with Crippen LogP contribution in [0.2, 0.25) is 0 Å². The van der Waals surface area contributed by atoms with E-state index in [0.29, 0.717) is 0 Å². The Kier molecular flexibility index (Phi) is 4.29. The summed E-state index contributed by atoms with van der Waals surface area (Å²) >= 11 is 0. The monoisotopic (exact) mass is 184 g/mol. The van der Waals surface area contributed by atoms with Crippen molar-refractivity contribution < 1.29 is 14.3 Å². The molecule has 0 atom stereocenters. The van der Waals surface area contributed by atoms with Crippen molar-refractivity contribution >= 4 is 11.8 Å². The number of primary amides is 2. The molecule has 0 radical (unpaired) electrons.